The first-order valence-corrected chi connectivity index (χ1v) is 12.1. The molecule has 1 atom stereocenters. The minimum Gasteiger partial charge on any atom is -0.451 e. The Morgan fingerprint density at radius 1 is 1.14 bits per heavy atom. The molecule has 35 heavy (non-hydrogen) atoms. The lowest BCUT2D eigenvalue weighted by Gasteiger charge is -2.29. The molecule has 180 valence electrons. The smallest absolute Gasteiger partial charge is 0.287 e. The summed E-state index contributed by atoms with van der Waals surface area (Å²) < 4.78 is 5.90. The van der Waals surface area contributed by atoms with Crippen molar-refractivity contribution in [2.75, 3.05) is 7.05 Å². The van der Waals surface area contributed by atoms with Gasteiger partial charge in [0, 0.05) is 31.4 Å². The number of H-pyrrole nitrogens is 1. The van der Waals surface area contributed by atoms with E-state index in [0.29, 0.717) is 12.2 Å². The highest BCUT2D eigenvalue weighted by Crippen LogP contribution is 2.28. The van der Waals surface area contributed by atoms with E-state index < -0.39 is 6.04 Å². The number of carbonyl (C=O) groups is 2. The zero-order valence-corrected chi connectivity index (χ0v) is 19.7. The van der Waals surface area contributed by atoms with Crippen molar-refractivity contribution in [3.05, 3.63) is 72.0 Å². The molecule has 0 bridgehead atoms. The molecule has 4 aromatic rings. The third-order valence-electron chi connectivity index (χ3n) is 6.68. The van der Waals surface area contributed by atoms with E-state index in [-0.39, 0.29) is 23.5 Å². The first-order chi connectivity index (χ1) is 17.1. The highest BCUT2D eigenvalue weighted by Gasteiger charge is 2.31. The Kier molecular flexibility index (Phi) is 6.61. The van der Waals surface area contributed by atoms with Gasteiger partial charge in [-0.2, -0.15) is 0 Å². The normalized spacial score (nSPS) is 15.1. The second-order valence-electron chi connectivity index (χ2n) is 9.08. The molecule has 3 aromatic heterocycles. The summed E-state index contributed by atoms with van der Waals surface area (Å²) in [6, 6.07) is 12.6. The fourth-order valence-corrected chi connectivity index (χ4v) is 4.84. The van der Waals surface area contributed by atoms with Gasteiger partial charge in [0.25, 0.3) is 5.91 Å². The Bertz CT molecular complexity index is 1320. The Morgan fingerprint density at radius 2 is 2.00 bits per heavy atom. The van der Waals surface area contributed by atoms with Gasteiger partial charge in [-0.15, -0.1) is 0 Å². The van der Waals surface area contributed by atoms with E-state index in [2.05, 4.69) is 25.6 Å². The van der Waals surface area contributed by atoms with Crippen LogP contribution in [0.15, 0.2) is 59.3 Å². The van der Waals surface area contributed by atoms with Crippen molar-refractivity contribution in [3.8, 4) is 11.3 Å². The van der Waals surface area contributed by atoms with E-state index in [1.54, 1.807) is 25.4 Å². The molecule has 1 fully saturated rings. The molecule has 1 aromatic carbocycles. The number of hydrogen-bond acceptors (Lipinski definition) is 5. The van der Waals surface area contributed by atoms with Crippen molar-refractivity contribution in [2.24, 2.45) is 5.92 Å². The van der Waals surface area contributed by atoms with Crippen LogP contribution in [0.3, 0.4) is 0 Å². The standard InChI is InChI=1S/C27H29N5O3/c1-28-27(34)25(18-7-3-2-4-8-18)32-26(33)23-12-11-22(35-23)19-9-10-20-21(15-19)31-24(30-20)14-17-6-5-13-29-16-17/h5-6,9-13,15-16,18,25H,2-4,7-8,14H2,1H3,(H,28,34)(H,30,31)(H,32,33)/t25-/m0/s1. The van der Waals surface area contributed by atoms with Gasteiger partial charge in [-0.25, -0.2) is 4.98 Å². The highest BCUT2D eigenvalue weighted by atomic mass is 16.4. The van der Waals surface area contributed by atoms with Crippen molar-refractivity contribution in [3.63, 3.8) is 0 Å². The second-order valence-corrected chi connectivity index (χ2v) is 9.08. The predicted octanol–water partition coefficient (Wildman–Crippen LogP) is 4.23. The van der Waals surface area contributed by atoms with E-state index >= 15 is 0 Å². The maximum atomic E-state index is 12.9. The maximum Gasteiger partial charge on any atom is 0.287 e. The van der Waals surface area contributed by atoms with Crippen LogP contribution in [-0.4, -0.2) is 39.9 Å². The summed E-state index contributed by atoms with van der Waals surface area (Å²) in [5.74, 6) is 1.22. The van der Waals surface area contributed by atoms with Crippen LogP contribution in [0.2, 0.25) is 0 Å². The molecule has 8 heteroatoms. The lowest BCUT2D eigenvalue weighted by atomic mass is 9.83. The van der Waals surface area contributed by atoms with Crippen LogP contribution in [-0.2, 0) is 11.2 Å². The first-order valence-electron chi connectivity index (χ1n) is 12.1. The van der Waals surface area contributed by atoms with Gasteiger partial charge in [-0.3, -0.25) is 14.6 Å². The number of furan rings is 1. The minimum atomic E-state index is -0.555. The van der Waals surface area contributed by atoms with E-state index in [0.717, 1.165) is 53.7 Å². The van der Waals surface area contributed by atoms with E-state index in [1.807, 2.05) is 36.5 Å². The van der Waals surface area contributed by atoms with Crippen molar-refractivity contribution in [1.82, 2.24) is 25.6 Å². The molecular weight excluding hydrogens is 442 g/mol. The topological polar surface area (TPSA) is 113 Å². The van der Waals surface area contributed by atoms with Crippen molar-refractivity contribution in [1.29, 1.82) is 0 Å². The number of imidazole rings is 1. The van der Waals surface area contributed by atoms with Gasteiger partial charge in [0.2, 0.25) is 5.91 Å². The zero-order valence-electron chi connectivity index (χ0n) is 19.7. The van der Waals surface area contributed by atoms with Gasteiger partial charge in [0.1, 0.15) is 17.6 Å². The Balaban J connectivity index is 1.31. The van der Waals surface area contributed by atoms with E-state index in [4.69, 9.17) is 4.42 Å². The number of likely N-dealkylation sites (N-methyl/N-ethyl adjacent to an activating group) is 1. The Hall–Kier alpha value is -3.94. The summed E-state index contributed by atoms with van der Waals surface area (Å²) in [5, 5.41) is 5.60. The molecule has 1 saturated carbocycles. The molecule has 1 aliphatic rings. The van der Waals surface area contributed by atoms with Gasteiger partial charge in [-0.05, 0) is 60.7 Å². The van der Waals surface area contributed by atoms with Crippen LogP contribution in [0.4, 0.5) is 0 Å². The summed E-state index contributed by atoms with van der Waals surface area (Å²) in [7, 11) is 1.60. The van der Waals surface area contributed by atoms with Crippen molar-refractivity contribution >= 4 is 22.8 Å². The SMILES string of the molecule is CNC(=O)[C@@H](NC(=O)c1ccc(-c2ccc3nc(Cc4cccnc4)[nH]c3c2)o1)C1CCCCC1. The van der Waals surface area contributed by atoms with E-state index in [1.165, 1.54) is 6.42 Å². The van der Waals surface area contributed by atoms with Crippen molar-refractivity contribution < 1.29 is 14.0 Å². The van der Waals surface area contributed by atoms with Crippen LogP contribution in [0.5, 0.6) is 0 Å². The molecule has 8 nitrogen and oxygen atoms in total. The van der Waals surface area contributed by atoms with Crippen LogP contribution in [0.25, 0.3) is 22.4 Å². The average molecular weight is 472 g/mol. The summed E-state index contributed by atoms with van der Waals surface area (Å²) >= 11 is 0. The minimum absolute atomic E-state index is 0.144. The van der Waals surface area contributed by atoms with Gasteiger partial charge in [0.05, 0.1) is 11.0 Å². The van der Waals surface area contributed by atoms with Crippen LogP contribution in [0.1, 0.15) is 54.0 Å². The highest BCUT2D eigenvalue weighted by molar-refractivity contribution is 5.96. The molecule has 3 heterocycles. The summed E-state index contributed by atoms with van der Waals surface area (Å²) in [6.45, 7) is 0. The van der Waals surface area contributed by atoms with Gasteiger partial charge in [-0.1, -0.05) is 25.3 Å². The second kappa shape index (κ2) is 10.1. The van der Waals surface area contributed by atoms with Crippen LogP contribution < -0.4 is 10.6 Å². The first kappa shape index (κ1) is 22.8. The third-order valence-corrected chi connectivity index (χ3v) is 6.68. The molecule has 0 radical (unpaired) electrons. The molecular formula is C27H29N5O3. The molecule has 2 amide bonds. The summed E-state index contributed by atoms with van der Waals surface area (Å²) in [5.41, 5.74) is 3.67. The van der Waals surface area contributed by atoms with Gasteiger partial charge in [0.15, 0.2) is 5.76 Å². The average Bonchev–Trinajstić information content (AvgIpc) is 3.54. The number of nitrogens with zero attached hydrogens (tertiary/aromatic N) is 2. The predicted molar refractivity (Wildman–Crippen MR) is 133 cm³/mol. The quantitative estimate of drug-likeness (QED) is 0.373. The number of benzene rings is 1. The number of aromatic nitrogens is 3. The number of fused-ring (bicyclic) bond motifs is 1. The lowest BCUT2D eigenvalue weighted by Crippen LogP contribution is -2.50. The Morgan fingerprint density at radius 3 is 2.77 bits per heavy atom. The van der Waals surface area contributed by atoms with Gasteiger partial charge >= 0.3 is 0 Å². The lowest BCUT2D eigenvalue weighted by molar-refractivity contribution is -0.124. The molecule has 0 unspecified atom stereocenters. The number of rotatable bonds is 7. The number of carbonyl (C=O) groups excluding carboxylic acids is 2. The number of nitrogens with one attached hydrogen (secondary N) is 3. The van der Waals surface area contributed by atoms with E-state index in [9.17, 15) is 9.59 Å². The number of aromatic amines is 1. The molecule has 3 N–H and O–H groups in total. The summed E-state index contributed by atoms with van der Waals surface area (Å²) in [6.07, 6.45) is 9.47. The molecule has 0 spiro atoms. The Labute approximate surface area is 203 Å². The number of hydrogen-bond donors (Lipinski definition) is 3. The monoisotopic (exact) mass is 471 g/mol. The molecule has 5 rings (SSSR count). The summed E-state index contributed by atoms with van der Waals surface area (Å²) in [4.78, 5) is 37.6. The molecule has 0 saturated heterocycles. The largest absolute Gasteiger partial charge is 0.451 e. The van der Waals surface area contributed by atoms with Crippen LogP contribution >= 0.6 is 0 Å². The van der Waals surface area contributed by atoms with Crippen LogP contribution in [0, 0.1) is 5.92 Å². The molecule has 1 aliphatic carbocycles. The third kappa shape index (κ3) is 5.11. The van der Waals surface area contributed by atoms with Gasteiger partial charge < -0.3 is 20.0 Å². The molecule has 0 aliphatic heterocycles. The maximum absolute atomic E-state index is 12.9. The fourth-order valence-electron chi connectivity index (χ4n) is 4.84. The van der Waals surface area contributed by atoms with Crippen molar-refractivity contribution in [2.45, 2.75) is 44.6 Å². The zero-order chi connectivity index (χ0) is 24.2. The number of amides is 2. The number of pyridine rings is 1. The fraction of sp³-hybridized carbons (Fsp3) is 0.333.